The van der Waals surface area contributed by atoms with Crippen LogP contribution in [0, 0.1) is 0 Å². The second kappa shape index (κ2) is 3.39. The number of hydrogen-bond acceptors (Lipinski definition) is 2. The minimum Gasteiger partial charge on any atom is -0.294 e. The fourth-order valence-corrected chi connectivity index (χ4v) is 1.67. The van der Waals surface area contributed by atoms with Gasteiger partial charge in [0.2, 0.25) is 0 Å². The van der Waals surface area contributed by atoms with Crippen molar-refractivity contribution >= 4 is 28.7 Å². The SMILES string of the molecule is O=C(Cl)C1=Cc2ccccc2CC1=O. The number of halogens is 1. The zero-order valence-corrected chi connectivity index (χ0v) is 8.04. The first kappa shape index (κ1) is 9.16. The van der Waals surface area contributed by atoms with E-state index in [-0.39, 0.29) is 17.8 Å². The summed E-state index contributed by atoms with van der Waals surface area (Å²) in [7, 11) is 0. The number of carbonyl (C=O) groups excluding carboxylic acids is 2. The molecule has 0 heterocycles. The highest BCUT2D eigenvalue weighted by molar-refractivity contribution is 6.71. The third kappa shape index (κ3) is 1.49. The zero-order chi connectivity index (χ0) is 10.1. The Morgan fingerprint density at radius 2 is 2.00 bits per heavy atom. The van der Waals surface area contributed by atoms with Crippen molar-refractivity contribution in [1.29, 1.82) is 0 Å². The van der Waals surface area contributed by atoms with Crippen LogP contribution in [-0.2, 0) is 16.0 Å². The number of Topliss-reactive ketones (excluding diaryl/α,β-unsaturated/α-hetero) is 1. The van der Waals surface area contributed by atoms with Crippen molar-refractivity contribution in [2.24, 2.45) is 0 Å². The van der Waals surface area contributed by atoms with E-state index in [9.17, 15) is 9.59 Å². The number of ketones is 1. The van der Waals surface area contributed by atoms with Crippen LogP contribution in [-0.4, -0.2) is 11.0 Å². The molecular weight excluding hydrogens is 200 g/mol. The maximum absolute atomic E-state index is 11.4. The first-order valence-corrected chi connectivity index (χ1v) is 4.59. The van der Waals surface area contributed by atoms with Crippen molar-refractivity contribution in [3.8, 4) is 0 Å². The zero-order valence-electron chi connectivity index (χ0n) is 7.29. The number of carbonyl (C=O) groups is 2. The van der Waals surface area contributed by atoms with Crippen molar-refractivity contribution in [3.05, 3.63) is 41.0 Å². The van der Waals surface area contributed by atoms with Crippen molar-refractivity contribution in [2.75, 3.05) is 0 Å². The number of fused-ring (bicyclic) bond motifs is 1. The van der Waals surface area contributed by atoms with E-state index in [4.69, 9.17) is 11.6 Å². The van der Waals surface area contributed by atoms with Crippen molar-refractivity contribution < 1.29 is 9.59 Å². The Morgan fingerprint density at radius 3 is 2.71 bits per heavy atom. The predicted molar refractivity (Wildman–Crippen MR) is 54.0 cm³/mol. The Kier molecular flexibility index (Phi) is 2.22. The van der Waals surface area contributed by atoms with Crippen LogP contribution in [0.15, 0.2) is 29.8 Å². The van der Waals surface area contributed by atoms with Crippen LogP contribution in [0.5, 0.6) is 0 Å². The quantitative estimate of drug-likeness (QED) is 0.520. The molecule has 14 heavy (non-hydrogen) atoms. The van der Waals surface area contributed by atoms with E-state index < -0.39 is 5.24 Å². The van der Waals surface area contributed by atoms with Crippen LogP contribution < -0.4 is 0 Å². The van der Waals surface area contributed by atoms with E-state index in [1.807, 2.05) is 24.3 Å². The molecule has 1 aliphatic carbocycles. The molecule has 2 nitrogen and oxygen atoms in total. The van der Waals surface area contributed by atoms with Gasteiger partial charge >= 0.3 is 0 Å². The summed E-state index contributed by atoms with van der Waals surface area (Å²) in [6, 6.07) is 7.47. The molecule has 0 saturated heterocycles. The molecule has 0 N–H and O–H groups in total. The van der Waals surface area contributed by atoms with Crippen molar-refractivity contribution in [1.82, 2.24) is 0 Å². The topological polar surface area (TPSA) is 34.1 Å². The summed E-state index contributed by atoms with van der Waals surface area (Å²) in [4.78, 5) is 22.3. The Balaban J connectivity index is 2.54. The standard InChI is InChI=1S/C11H7ClO2/c12-11(14)9-5-7-3-1-2-4-8(7)6-10(9)13/h1-5H,6H2. The summed E-state index contributed by atoms with van der Waals surface area (Å²) in [6.07, 6.45) is 1.82. The lowest BCUT2D eigenvalue weighted by atomic mass is 9.92. The predicted octanol–water partition coefficient (Wildman–Crippen LogP) is 1.96. The Hall–Kier alpha value is -1.41. The summed E-state index contributed by atoms with van der Waals surface area (Å²) in [6.45, 7) is 0. The molecule has 1 aromatic rings. The molecule has 0 spiro atoms. The van der Waals surface area contributed by atoms with E-state index in [1.54, 1.807) is 6.08 Å². The first-order chi connectivity index (χ1) is 6.68. The maximum atomic E-state index is 11.4. The highest BCUT2D eigenvalue weighted by Gasteiger charge is 2.21. The Morgan fingerprint density at radius 1 is 1.29 bits per heavy atom. The van der Waals surface area contributed by atoms with Crippen LogP contribution in [0.2, 0.25) is 0 Å². The lowest BCUT2D eigenvalue weighted by Crippen LogP contribution is -2.15. The molecule has 1 aliphatic rings. The number of allylic oxidation sites excluding steroid dienone is 1. The van der Waals surface area contributed by atoms with Gasteiger partial charge in [0.1, 0.15) is 0 Å². The van der Waals surface area contributed by atoms with E-state index in [0.717, 1.165) is 11.1 Å². The van der Waals surface area contributed by atoms with Crippen molar-refractivity contribution in [2.45, 2.75) is 6.42 Å². The fourth-order valence-electron chi connectivity index (χ4n) is 1.51. The molecule has 0 aromatic heterocycles. The van der Waals surface area contributed by atoms with Gasteiger partial charge in [0.25, 0.3) is 5.24 Å². The molecule has 1 aromatic carbocycles. The van der Waals surface area contributed by atoms with E-state index in [2.05, 4.69) is 0 Å². The summed E-state index contributed by atoms with van der Waals surface area (Å²) < 4.78 is 0. The van der Waals surface area contributed by atoms with Gasteiger partial charge in [-0.2, -0.15) is 0 Å². The second-order valence-electron chi connectivity index (χ2n) is 3.13. The van der Waals surface area contributed by atoms with Crippen LogP contribution in [0.25, 0.3) is 6.08 Å². The smallest absolute Gasteiger partial charge is 0.256 e. The van der Waals surface area contributed by atoms with E-state index >= 15 is 0 Å². The monoisotopic (exact) mass is 206 g/mol. The fraction of sp³-hybridized carbons (Fsp3) is 0.0909. The molecule has 0 unspecified atom stereocenters. The Labute approximate surface area is 86.2 Å². The minimum atomic E-state index is -0.676. The molecule has 0 radical (unpaired) electrons. The largest absolute Gasteiger partial charge is 0.294 e. The number of hydrogen-bond donors (Lipinski definition) is 0. The molecule has 70 valence electrons. The Bertz CT molecular complexity index is 446. The van der Waals surface area contributed by atoms with Crippen LogP contribution in [0.1, 0.15) is 11.1 Å². The number of rotatable bonds is 1. The third-order valence-electron chi connectivity index (χ3n) is 2.22. The van der Waals surface area contributed by atoms with Crippen LogP contribution >= 0.6 is 11.6 Å². The summed E-state index contributed by atoms with van der Waals surface area (Å²) >= 11 is 5.29. The average Bonchev–Trinajstić information content (AvgIpc) is 2.16. The highest BCUT2D eigenvalue weighted by atomic mass is 35.5. The molecule has 0 amide bonds. The van der Waals surface area contributed by atoms with Crippen LogP contribution in [0.4, 0.5) is 0 Å². The molecule has 0 aliphatic heterocycles. The molecular formula is C11H7ClO2. The van der Waals surface area contributed by atoms with Crippen molar-refractivity contribution in [3.63, 3.8) is 0 Å². The third-order valence-corrected chi connectivity index (χ3v) is 2.42. The number of benzene rings is 1. The summed E-state index contributed by atoms with van der Waals surface area (Å²) in [5.74, 6) is -0.205. The maximum Gasteiger partial charge on any atom is 0.256 e. The lowest BCUT2D eigenvalue weighted by Gasteiger charge is -2.12. The molecule has 2 rings (SSSR count). The van der Waals surface area contributed by atoms with Gasteiger partial charge in [0.05, 0.1) is 5.57 Å². The second-order valence-corrected chi connectivity index (χ2v) is 3.47. The van der Waals surface area contributed by atoms with Gasteiger partial charge < -0.3 is 0 Å². The van der Waals surface area contributed by atoms with Gasteiger partial charge in [-0.3, -0.25) is 9.59 Å². The van der Waals surface area contributed by atoms with Gasteiger partial charge in [-0.1, -0.05) is 24.3 Å². The highest BCUT2D eigenvalue weighted by Crippen LogP contribution is 2.22. The van der Waals surface area contributed by atoms with Gasteiger partial charge in [-0.15, -0.1) is 0 Å². The average molecular weight is 207 g/mol. The lowest BCUT2D eigenvalue weighted by molar-refractivity contribution is -0.118. The molecule has 0 saturated carbocycles. The van der Waals surface area contributed by atoms with Crippen LogP contribution in [0.3, 0.4) is 0 Å². The van der Waals surface area contributed by atoms with Gasteiger partial charge in [-0.25, -0.2) is 0 Å². The van der Waals surface area contributed by atoms with Gasteiger partial charge in [0.15, 0.2) is 5.78 Å². The molecule has 3 heteroatoms. The first-order valence-electron chi connectivity index (χ1n) is 4.21. The summed E-state index contributed by atoms with van der Waals surface area (Å²) in [5.41, 5.74) is 1.93. The normalized spacial score (nSPS) is 14.6. The summed E-state index contributed by atoms with van der Waals surface area (Å²) in [5, 5.41) is -0.676. The molecule has 0 atom stereocenters. The van der Waals surface area contributed by atoms with E-state index in [1.165, 1.54) is 0 Å². The minimum absolute atomic E-state index is 0.0883. The molecule has 0 bridgehead atoms. The van der Waals surface area contributed by atoms with E-state index in [0.29, 0.717) is 0 Å². The van der Waals surface area contributed by atoms with Gasteiger partial charge in [0, 0.05) is 6.42 Å². The van der Waals surface area contributed by atoms with Gasteiger partial charge in [-0.05, 0) is 28.8 Å². The molecule has 0 fully saturated rings.